The summed E-state index contributed by atoms with van der Waals surface area (Å²) in [5, 5.41) is 11.6. The van der Waals surface area contributed by atoms with Crippen molar-refractivity contribution >= 4 is 23.1 Å². The smallest absolute Gasteiger partial charge is 0.300 e. The molecule has 0 radical (unpaired) electrons. The zero-order valence-electron chi connectivity index (χ0n) is 21.9. The fraction of sp³-hybridized carbons (Fsp3) is 0.290. The molecule has 1 unspecified atom stereocenters. The van der Waals surface area contributed by atoms with Gasteiger partial charge in [-0.25, -0.2) is 0 Å². The van der Waals surface area contributed by atoms with Crippen LogP contribution < -0.4 is 14.4 Å². The third-order valence-electron chi connectivity index (χ3n) is 6.41. The fourth-order valence-corrected chi connectivity index (χ4v) is 4.72. The van der Waals surface area contributed by atoms with Crippen molar-refractivity contribution in [3.63, 3.8) is 0 Å². The number of hydrogen-bond donors (Lipinski definition) is 1. The molecule has 0 aromatic heterocycles. The van der Waals surface area contributed by atoms with Crippen LogP contribution in [0.4, 0.5) is 5.69 Å². The molecule has 4 rings (SSSR count). The standard InChI is InChI=1S/C31H33NO5/c1-6-36-24-13-9-11-21(17-24)28-27(30(34)31(35)32(28)23-12-8-10-20(5)16-23)29(33)22-14-15-26(37-7-2)25(18-22)19(3)4/h8-19,28,33H,6-7H2,1-5H3/b29-27+. The van der Waals surface area contributed by atoms with E-state index in [1.807, 2.05) is 83.1 Å². The molecule has 1 amide bonds. The Bertz CT molecular complexity index is 1360. The Hall–Kier alpha value is -4.06. The van der Waals surface area contributed by atoms with Crippen molar-refractivity contribution in [1.29, 1.82) is 0 Å². The second kappa shape index (κ2) is 10.9. The lowest BCUT2D eigenvalue weighted by Gasteiger charge is -2.26. The average Bonchev–Trinajstić information content (AvgIpc) is 3.14. The molecular weight excluding hydrogens is 466 g/mol. The Morgan fingerprint density at radius 3 is 2.35 bits per heavy atom. The van der Waals surface area contributed by atoms with Gasteiger partial charge in [0.25, 0.3) is 11.7 Å². The monoisotopic (exact) mass is 499 g/mol. The molecule has 1 heterocycles. The van der Waals surface area contributed by atoms with Gasteiger partial charge in [0.15, 0.2) is 0 Å². The largest absolute Gasteiger partial charge is 0.507 e. The van der Waals surface area contributed by atoms with E-state index in [0.717, 1.165) is 16.9 Å². The zero-order valence-corrected chi connectivity index (χ0v) is 21.9. The summed E-state index contributed by atoms with van der Waals surface area (Å²) < 4.78 is 11.5. The molecule has 1 saturated heterocycles. The Morgan fingerprint density at radius 1 is 0.946 bits per heavy atom. The Kier molecular flexibility index (Phi) is 7.67. The minimum absolute atomic E-state index is 0.0408. The van der Waals surface area contributed by atoms with E-state index < -0.39 is 17.7 Å². The number of ether oxygens (including phenoxy) is 2. The lowest BCUT2D eigenvalue weighted by Crippen LogP contribution is -2.29. The van der Waals surface area contributed by atoms with Gasteiger partial charge < -0.3 is 14.6 Å². The van der Waals surface area contributed by atoms with Crippen LogP contribution in [0.15, 0.2) is 72.3 Å². The second-order valence-corrected chi connectivity index (χ2v) is 9.35. The summed E-state index contributed by atoms with van der Waals surface area (Å²) in [4.78, 5) is 28.4. The third kappa shape index (κ3) is 5.10. The lowest BCUT2D eigenvalue weighted by atomic mass is 9.93. The Labute approximate surface area is 218 Å². The van der Waals surface area contributed by atoms with E-state index in [1.165, 1.54) is 4.90 Å². The lowest BCUT2D eigenvalue weighted by molar-refractivity contribution is -0.132. The Balaban J connectivity index is 1.94. The van der Waals surface area contributed by atoms with Gasteiger partial charge in [-0.3, -0.25) is 14.5 Å². The summed E-state index contributed by atoms with van der Waals surface area (Å²) in [6, 6.07) is 19.3. The van der Waals surface area contributed by atoms with Gasteiger partial charge >= 0.3 is 0 Å². The molecule has 6 nitrogen and oxygen atoms in total. The van der Waals surface area contributed by atoms with Gasteiger partial charge in [-0.05, 0) is 85.8 Å². The van der Waals surface area contributed by atoms with Gasteiger partial charge in [0.2, 0.25) is 0 Å². The summed E-state index contributed by atoms with van der Waals surface area (Å²) in [6.07, 6.45) is 0. The van der Waals surface area contributed by atoms with Crippen molar-refractivity contribution < 1.29 is 24.2 Å². The van der Waals surface area contributed by atoms with Crippen LogP contribution >= 0.6 is 0 Å². The predicted octanol–water partition coefficient (Wildman–Crippen LogP) is 6.54. The third-order valence-corrected chi connectivity index (χ3v) is 6.41. The topological polar surface area (TPSA) is 76.1 Å². The van der Waals surface area contributed by atoms with Gasteiger partial charge in [-0.2, -0.15) is 0 Å². The van der Waals surface area contributed by atoms with E-state index in [1.54, 1.807) is 18.2 Å². The zero-order chi connectivity index (χ0) is 26.7. The van der Waals surface area contributed by atoms with E-state index in [-0.39, 0.29) is 17.3 Å². The highest BCUT2D eigenvalue weighted by Crippen LogP contribution is 2.43. The van der Waals surface area contributed by atoms with Crippen LogP contribution in [-0.4, -0.2) is 30.0 Å². The highest BCUT2D eigenvalue weighted by atomic mass is 16.5. The number of aliphatic hydroxyl groups is 1. The first-order valence-electron chi connectivity index (χ1n) is 12.6. The van der Waals surface area contributed by atoms with E-state index in [0.29, 0.717) is 35.8 Å². The molecule has 0 saturated carbocycles. The number of nitrogens with zero attached hydrogens (tertiary/aromatic N) is 1. The van der Waals surface area contributed by atoms with E-state index in [2.05, 4.69) is 0 Å². The minimum Gasteiger partial charge on any atom is -0.507 e. The highest BCUT2D eigenvalue weighted by molar-refractivity contribution is 6.51. The van der Waals surface area contributed by atoms with Crippen molar-refractivity contribution in [3.8, 4) is 11.5 Å². The van der Waals surface area contributed by atoms with Gasteiger partial charge in [-0.1, -0.05) is 38.1 Å². The molecule has 1 N–H and O–H groups in total. The number of rotatable bonds is 8. The molecule has 0 spiro atoms. The van der Waals surface area contributed by atoms with Gasteiger partial charge in [0.1, 0.15) is 17.3 Å². The van der Waals surface area contributed by atoms with Gasteiger partial charge in [0.05, 0.1) is 24.8 Å². The van der Waals surface area contributed by atoms with Crippen molar-refractivity contribution in [1.82, 2.24) is 0 Å². The average molecular weight is 500 g/mol. The molecule has 0 aliphatic carbocycles. The number of Topliss-reactive ketones (excluding diaryl/α,β-unsaturated/α-hetero) is 1. The van der Waals surface area contributed by atoms with Gasteiger partial charge in [-0.15, -0.1) is 0 Å². The first-order valence-corrected chi connectivity index (χ1v) is 12.6. The van der Waals surface area contributed by atoms with Crippen molar-refractivity contribution in [3.05, 3.63) is 94.6 Å². The second-order valence-electron chi connectivity index (χ2n) is 9.35. The Morgan fingerprint density at radius 2 is 1.68 bits per heavy atom. The van der Waals surface area contributed by atoms with Crippen LogP contribution in [0.5, 0.6) is 11.5 Å². The molecule has 3 aromatic rings. The summed E-state index contributed by atoms with van der Waals surface area (Å²) in [6.45, 7) is 10.8. The summed E-state index contributed by atoms with van der Waals surface area (Å²) in [5.41, 5.74) is 3.62. The van der Waals surface area contributed by atoms with E-state index in [9.17, 15) is 14.7 Å². The number of hydrogen-bond acceptors (Lipinski definition) is 5. The molecule has 1 aliphatic heterocycles. The van der Waals surface area contributed by atoms with Gasteiger partial charge in [0, 0.05) is 11.3 Å². The van der Waals surface area contributed by atoms with Crippen LogP contribution in [0.1, 0.15) is 61.9 Å². The summed E-state index contributed by atoms with van der Waals surface area (Å²) in [7, 11) is 0. The number of carbonyl (C=O) groups excluding carboxylic acids is 2. The molecule has 1 aliphatic rings. The number of aliphatic hydroxyl groups excluding tert-OH is 1. The maximum atomic E-state index is 13.5. The molecular formula is C31H33NO5. The van der Waals surface area contributed by atoms with Crippen LogP contribution in [0.25, 0.3) is 5.76 Å². The predicted molar refractivity (Wildman–Crippen MR) is 145 cm³/mol. The minimum atomic E-state index is -0.823. The number of ketones is 1. The number of carbonyl (C=O) groups is 2. The number of benzene rings is 3. The van der Waals surface area contributed by atoms with Crippen molar-refractivity contribution in [2.24, 2.45) is 0 Å². The number of amides is 1. The van der Waals surface area contributed by atoms with Crippen LogP contribution in [0.2, 0.25) is 0 Å². The van der Waals surface area contributed by atoms with E-state index in [4.69, 9.17) is 9.47 Å². The molecule has 192 valence electrons. The quantitative estimate of drug-likeness (QED) is 0.216. The molecule has 3 aromatic carbocycles. The van der Waals surface area contributed by atoms with Crippen LogP contribution in [0, 0.1) is 6.92 Å². The number of anilines is 1. The first-order chi connectivity index (χ1) is 17.8. The van der Waals surface area contributed by atoms with Crippen molar-refractivity contribution in [2.75, 3.05) is 18.1 Å². The number of aryl methyl sites for hydroxylation is 1. The summed E-state index contributed by atoms with van der Waals surface area (Å²) in [5.74, 6) is -0.152. The molecule has 0 bridgehead atoms. The first kappa shape index (κ1) is 26.0. The van der Waals surface area contributed by atoms with Crippen LogP contribution in [0.3, 0.4) is 0 Å². The summed E-state index contributed by atoms with van der Waals surface area (Å²) >= 11 is 0. The molecule has 6 heteroatoms. The molecule has 1 atom stereocenters. The molecule has 1 fully saturated rings. The SMILES string of the molecule is CCOc1cccc(C2/C(=C(\O)c3ccc(OCC)c(C(C)C)c3)C(=O)C(=O)N2c2cccc(C)c2)c1. The molecule has 37 heavy (non-hydrogen) atoms. The van der Waals surface area contributed by atoms with Crippen molar-refractivity contribution in [2.45, 2.75) is 46.6 Å². The van der Waals surface area contributed by atoms with Crippen LogP contribution in [-0.2, 0) is 9.59 Å². The highest BCUT2D eigenvalue weighted by Gasteiger charge is 2.47. The maximum Gasteiger partial charge on any atom is 0.300 e. The fourth-order valence-electron chi connectivity index (χ4n) is 4.72. The normalized spacial score (nSPS) is 16.9. The maximum absolute atomic E-state index is 13.5. The van der Waals surface area contributed by atoms with E-state index >= 15 is 0 Å².